The number of hydrogen-bond donors (Lipinski definition) is 2. The van der Waals surface area contributed by atoms with E-state index in [1.807, 2.05) is 35.0 Å². The molecule has 9 heteroatoms. The van der Waals surface area contributed by atoms with Crippen molar-refractivity contribution in [3.05, 3.63) is 95.9 Å². The van der Waals surface area contributed by atoms with E-state index in [0.717, 1.165) is 16.7 Å². The largest absolute Gasteiger partial charge is 0.497 e. The highest BCUT2D eigenvalue weighted by Crippen LogP contribution is 2.21. The maximum Gasteiger partial charge on any atom is 0.240 e. The number of fused-ring (bicyclic) bond motifs is 1. The van der Waals surface area contributed by atoms with Crippen LogP contribution in [0.2, 0.25) is 0 Å². The van der Waals surface area contributed by atoms with E-state index in [1.165, 1.54) is 30.3 Å². The van der Waals surface area contributed by atoms with Gasteiger partial charge in [0.05, 0.1) is 12.0 Å². The van der Waals surface area contributed by atoms with E-state index in [1.54, 1.807) is 25.3 Å². The van der Waals surface area contributed by atoms with Gasteiger partial charge in [-0.15, -0.1) is 0 Å². The molecular weight excluding hydrogens is 457 g/mol. The van der Waals surface area contributed by atoms with Crippen LogP contribution in [-0.4, -0.2) is 26.0 Å². The van der Waals surface area contributed by atoms with Gasteiger partial charge in [-0.1, -0.05) is 24.3 Å². The van der Waals surface area contributed by atoms with E-state index in [2.05, 4.69) is 10.0 Å². The molecule has 0 radical (unpaired) electrons. The lowest BCUT2D eigenvalue weighted by Crippen LogP contribution is -2.27. The van der Waals surface area contributed by atoms with Crippen molar-refractivity contribution < 1.29 is 22.3 Å². The van der Waals surface area contributed by atoms with Gasteiger partial charge in [-0.3, -0.25) is 4.79 Å². The van der Waals surface area contributed by atoms with Gasteiger partial charge >= 0.3 is 0 Å². The molecule has 4 rings (SSSR count). The molecule has 1 heterocycles. The zero-order valence-corrected chi connectivity index (χ0v) is 19.3. The molecule has 34 heavy (non-hydrogen) atoms. The lowest BCUT2D eigenvalue weighted by molar-refractivity contribution is -0.121. The second kappa shape index (κ2) is 10.1. The van der Waals surface area contributed by atoms with Crippen LogP contribution in [0.15, 0.2) is 83.9 Å². The van der Waals surface area contributed by atoms with Gasteiger partial charge in [-0.25, -0.2) is 17.5 Å². The summed E-state index contributed by atoms with van der Waals surface area (Å²) in [6.07, 6.45) is 1.83. The summed E-state index contributed by atoms with van der Waals surface area (Å²) in [4.78, 5) is 12.6. The van der Waals surface area contributed by atoms with E-state index >= 15 is 0 Å². The Morgan fingerprint density at radius 2 is 1.74 bits per heavy atom. The number of sulfonamides is 1. The summed E-state index contributed by atoms with van der Waals surface area (Å²) >= 11 is 0. The first-order valence-electron chi connectivity index (χ1n) is 10.6. The molecule has 4 aromatic rings. The van der Waals surface area contributed by atoms with Gasteiger partial charge in [0.1, 0.15) is 18.1 Å². The number of carbonyl (C=O) groups is 1. The Morgan fingerprint density at radius 3 is 2.50 bits per heavy atom. The predicted octanol–water partition coefficient (Wildman–Crippen LogP) is 3.58. The number of nitrogens with one attached hydrogen (secondary N) is 2. The molecule has 176 valence electrons. The number of methoxy groups -OCH3 is 1. The first kappa shape index (κ1) is 23.5. The third kappa shape index (κ3) is 5.62. The smallest absolute Gasteiger partial charge is 0.240 e. The SMILES string of the molecule is COc1ccc2c(ccn2CC(=O)NCc2cccc(S(=O)(=O)NCc3cccc(F)c3)c2)c1. The minimum absolute atomic E-state index is 0.0300. The Bertz CT molecular complexity index is 1430. The van der Waals surface area contributed by atoms with Crippen LogP contribution in [0.25, 0.3) is 10.9 Å². The standard InChI is InChI=1S/C25H24FN3O4S/c1-33-22-8-9-24-20(14-22)10-11-29(24)17-25(30)27-15-19-5-3-7-23(13-19)34(31,32)28-16-18-4-2-6-21(26)12-18/h2-14,28H,15-17H2,1H3,(H,27,30). The van der Waals surface area contributed by atoms with Crippen molar-refractivity contribution >= 4 is 26.8 Å². The van der Waals surface area contributed by atoms with Gasteiger partial charge in [-0.2, -0.15) is 0 Å². The van der Waals surface area contributed by atoms with Crippen LogP contribution < -0.4 is 14.8 Å². The first-order chi connectivity index (χ1) is 16.3. The summed E-state index contributed by atoms with van der Waals surface area (Å²) in [5.74, 6) is 0.114. The minimum atomic E-state index is -3.80. The summed E-state index contributed by atoms with van der Waals surface area (Å²) < 4.78 is 48.2. The normalized spacial score (nSPS) is 11.5. The van der Waals surface area contributed by atoms with E-state index in [0.29, 0.717) is 11.1 Å². The van der Waals surface area contributed by atoms with Crippen LogP contribution in [0, 0.1) is 5.82 Å². The number of rotatable bonds is 9. The molecule has 0 unspecified atom stereocenters. The fourth-order valence-electron chi connectivity index (χ4n) is 3.59. The predicted molar refractivity (Wildman–Crippen MR) is 127 cm³/mol. The average molecular weight is 482 g/mol. The monoisotopic (exact) mass is 481 g/mol. The molecular formula is C25H24FN3O4S. The number of amides is 1. The molecule has 0 aliphatic rings. The summed E-state index contributed by atoms with van der Waals surface area (Å²) in [5, 5.41) is 3.79. The zero-order chi connectivity index (χ0) is 24.1. The summed E-state index contributed by atoms with van der Waals surface area (Å²) in [6.45, 7) is 0.278. The number of benzene rings is 3. The molecule has 0 atom stereocenters. The van der Waals surface area contributed by atoms with Crippen LogP contribution in [0.5, 0.6) is 5.75 Å². The highest BCUT2D eigenvalue weighted by Gasteiger charge is 2.15. The highest BCUT2D eigenvalue weighted by molar-refractivity contribution is 7.89. The van der Waals surface area contributed by atoms with Crippen molar-refractivity contribution in [2.45, 2.75) is 24.5 Å². The van der Waals surface area contributed by atoms with Crippen LogP contribution in [-0.2, 0) is 34.5 Å². The third-order valence-corrected chi connectivity index (χ3v) is 6.74. The Balaban J connectivity index is 1.37. The quantitative estimate of drug-likeness (QED) is 0.382. The van der Waals surface area contributed by atoms with Gasteiger partial charge in [0.25, 0.3) is 0 Å². The van der Waals surface area contributed by atoms with Crippen LogP contribution in [0.3, 0.4) is 0 Å². The van der Waals surface area contributed by atoms with E-state index in [4.69, 9.17) is 4.74 Å². The van der Waals surface area contributed by atoms with Gasteiger partial charge in [0.15, 0.2) is 0 Å². The fourth-order valence-corrected chi connectivity index (χ4v) is 4.67. The number of nitrogens with zero attached hydrogens (tertiary/aromatic N) is 1. The van der Waals surface area contributed by atoms with Crippen molar-refractivity contribution in [2.24, 2.45) is 0 Å². The molecule has 0 spiro atoms. The minimum Gasteiger partial charge on any atom is -0.497 e. The molecule has 0 saturated carbocycles. The van der Waals surface area contributed by atoms with Crippen LogP contribution in [0.1, 0.15) is 11.1 Å². The maximum absolute atomic E-state index is 13.3. The number of halogens is 1. The molecule has 0 saturated heterocycles. The summed E-state index contributed by atoms with van der Waals surface area (Å²) in [6, 6.07) is 19.6. The van der Waals surface area contributed by atoms with E-state index in [9.17, 15) is 17.6 Å². The van der Waals surface area contributed by atoms with Gasteiger partial charge in [-0.05, 0) is 59.7 Å². The molecule has 1 aromatic heterocycles. The Morgan fingerprint density at radius 1 is 0.971 bits per heavy atom. The highest BCUT2D eigenvalue weighted by atomic mass is 32.2. The van der Waals surface area contributed by atoms with Crippen LogP contribution >= 0.6 is 0 Å². The van der Waals surface area contributed by atoms with E-state index < -0.39 is 15.8 Å². The Kier molecular flexibility index (Phi) is 6.95. The van der Waals surface area contributed by atoms with Crippen LogP contribution in [0.4, 0.5) is 4.39 Å². The molecule has 7 nitrogen and oxygen atoms in total. The zero-order valence-electron chi connectivity index (χ0n) is 18.5. The second-order valence-corrected chi connectivity index (χ2v) is 9.51. The maximum atomic E-state index is 13.3. The van der Waals surface area contributed by atoms with Gasteiger partial charge in [0.2, 0.25) is 15.9 Å². The van der Waals surface area contributed by atoms with Crippen molar-refractivity contribution in [3.63, 3.8) is 0 Å². The van der Waals surface area contributed by atoms with Crippen molar-refractivity contribution in [2.75, 3.05) is 7.11 Å². The second-order valence-electron chi connectivity index (χ2n) is 7.75. The Labute approximate surface area is 197 Å². The van der Waals surface area contributed by atoms with E-state index in [-0.39, 0.29) is 30.4 Å². The fraction of sp³-hybridized carbons (Fsp3) is 0.160. The first-order valence-corrected chi connectivity index (χ1v) is 12.0. The lowest BCUT2D eigenvalue weighted by Gasteiger charge is -2.10. The average Bonchev–Trinajstić information content (AvgIpc) is 3.23. The molecule has 2 N–H and O–H groups in total. The van der Waals surface area contributed by atoms with Gasteiger partial charge in [0, 0.05) is 30.2 Å². The number of hydrogen-bond acceptors (Lipinski definition) is 4. The molecule has 0 aliphatic carbocycles. The molecule has 1 amide bonds. The summed E-state index contributed by atoms with van der Waals surface area (Å²) in [7, 11) is -2.20. The van der Waals surface area contributed by atoms with Crippen molar-refractivity contribution in [1.82, 2.24) is 14.6 Å². The number of carbonyl (C=O) groups excluding carboxylic acids is 1. The lowest BCUT2D eigenvalue weighted by atomic mass is 10.2. The molecule has 3 aromatic carbocycles. The Hall–Kier alpha value is -3.69. The van der Waals surface area contributed by atoms with Crippen molar-refractivity contribution in [1.29, 1.82) is 0 Å². The molecule has 0 fully saturated rings. The molecule has 0 aliphatic heterocycles. The molecule has 0 bridgehead atoms. The number of aromatic nitrogens is 1. The summed E-state index contributed by atoms with van der Waals surface area (Å²) in [5.41, 5.74) is 2.07. The van der Waals surface area contributed by atoms with Gasteiger partial charge < -0.3 is 14.6 Å². The van der Waals surface area contributed by atoms with Crippen molar-refractivity contribution in [3.8, 4) is 5.75 Å². The topological polar surface area (TPSA) is 89.4 Å². The third-order valence-electron chi connectivity index (χ3n) is 5.35. The number of ether oxygens (including phenoxy) is 1.